The van der Waals surface area contributed by atoms with Gasteiger partial charge in [0.15, 0.2) is 0 Å². The molecule has 0 bridgehead atoms. The summed E-state index contributed by atoms with van der Waals surface area (Å²) in [4.78, 5) is 76.2. The minimum absolute atomic E-state index is 0.00842. The van der Waals surface area contributed by atoms with Crippen LogP contribution in [0.5, 0.6) is 11.5 Å². The number of imide groups is 2. The second-order valence-electron chi connectivity index (χ2n) is 18.1. The number of amides is 5. The van der Waals surface area contributed by atoms with Gasteiger partial charge in [-0.1, -0.05) is 33.6 Å². The molecule has 314 valence electrons. The molecule has 4 aliphatic heterocycles. The van der Waals surface area contributed by atoms with Gasteiger partial charge in [-0.05, 0) is 61.6 Å². The van der Waals surface area contributed by atoms with Crippen LogP contribution in [0.1, 0.15) is 101 Å². The first kappa shape index (κ1) is 40.1. The summed E-state index contributed by atoms with van der Waals surface area (Å²) in [7, 11) is 1.52. The molecule has 6 aliphatic rings. The molecule has 0 spiro atoms. The average Bonchev–Trinajstić information content (AvgIpc) is 3.65. The number of halogens is 1. The number of piperidine rings is 1. The van der Waals surface area contributed by atoms with Crippen LogP contribution < -0.4 is 19.7 Å². The third-order valence-corrected chi connectivity index (χ3v) is 13.6. The number of piperazine rings is 1. The molecule has 0 radical (unpaired) electrons. The molecule has 5 heterocycles. The highest BCUT2D eigenvalue weighted by Gasteiger charge is 2.67. The highest BCUT2D eigenvalue weighted by molar-refractivity contribution is 6.23. The van der Waals surface area contributed by atoms with E-state index < -0.39 is 35.5 Å². The second kappa shape index (κ2) is 14.7. The number of pyridine rings is 1. The van der Waals surface area contributed by atoms with Crippen LogP contribution in [0.4, 0.5) is 10.1 Å². The third-order valence-electron chi connectivity index (χ3n) is 13.6. The first-order chi connectivity index (χ1) is 29.1. The number of nitrogens with one attached hydrogen (secondary N) is 1. The molecule has 2 aromatic carbocycles. The van der Waals surface area contributed by atoms with Crippen LogP contribution in [0.3, 0.4) is 0 Å². The largest absolute Gasteiger partial charge is 0.495 e. The van der Waals surface area contributed by atoms with Gasteiger partial charge >= 0.3 is 0 Å². The van der Waals surface area contributed by atoms with E-state index in [-0.39, 0.29) is 64.5 Å². The zero-order chi connectivity index (χ0) is 43.1. The summed E-state index contributed by atoms with van der Waals surface area (Å²) in [5, 5.41) is 11.6. The van der Waals surface area contributed by atoms with Gasteiger partial charge in [0.1, 0.15) is 41.2 Å². The molecule has 61 heavy (non-hydrogen) atoms. The quantitative estimate of drug-likeness (QED) is 0.267. The molecule has 4 fully saturated rings. The predicted molar refractivity (Wildman–Crippen MR) is 218 cm³/mol. The van der Waals surface area contributed by atoms with Gasteiger partial charge in [-0.15, -0.1) is 0 Å². The van der Waals surface area contributed by atoms with Crippen LogP contribution in [-0.4, -0.2) is 107 Å². The van der Waals surface area contributed by atoms with E-state index in [4.69, 9.17) is 14.5 Å². The fourth-order valence-corrected chi connectivity index (χ4v) is 10.9. The number of anilines is 1. The van der Waals surface area contributed by atoms with Gasteiger partial charge < -0.3 is 19.3 Å². The Bertz CT molecular complexity index is 2510. The minimum Gasteiger partial charge on any atom is -0.495 e. The maximum Gasteiger partial charge on any atom is 0.262 e. The van der Waals surface area contributed by atoms with Crippen molar-refractivity contribution in [3.8, 4) is 29.4 Å². The van der Waals surface area contributed by atoms with Crippen molar-refractivity contribution >= 4 is 35.2 Å². The molecule has 2 saturated heterocycles. The van der Waals surface area contributed by atoms with Gasteiger partial charge in [-0.2, -0.15) is 5.26 Å². The Hall–Kier alpha value is -6.32. The van der Waals surface area contributed by atoms with Crippen molar-refractivity contribution in [2.75, 3.05) is 38.2 Å². The Labute approximate surface area is 352 Å². The lowest BCUT2D eigenvalue weighted by Crippen LogP contribution is -2.74. The molecule has 2 saturated carbocycles. The first-order valence-electron chi connectivity index (χ1n) is 20.7. The van der Waals surface area contributed by atoms with Gasteiger partial charge in [-0.25, -0.2) is 9.37 Å². The molecular weight excluding hydrogens is 782 g/mol. The zero-order valence-electron chi connectivity index (χ0n) is 34.7. The fourth-order valence-electron chi connectivity index (χ4n) is 10.9. The van der Waals surface area contributed by atoms with Crippen molar-refractivity contribution < 1.29 is 37.8 Å². The molecule has 5 amide bonds. The highest BCUT2D eigenvalue weighted by Crippen LogP contribution is 2.59. The third kappa shape index (κ3) is 6.57. The summed E-state index contributed by atoms with van der Waals surface area (Å²) < 4.78 is 27.4. The predicted octanol–water partition coefficient (Wildman–Crippen LogP) is 4.29. The van der Waals surface area contributed by atoms with Crippen LogP contribution in [0, 0.1) is 45.7 Å². The Kier molecular flexibility index (Phi) is 9.66. The van der Waals surface area contributed by atoms with Gasteiger partial charge in [-0.3, -0.25) is 39.1 Å². The van der Waals surface area contributed by atoms with E-state index in [2.05, 4.69) is 55.8 Å². The molecule has 1 unspecified atom stereocenters. The van der Waals surface area contributed by atoms with Gasteiger partial charge in [0.2, 0.25) is 11.8 Å². The topological polar surface area (TPSA) is 165 Å². The average molecular weight is 828 g/mol. The highest BCUT2D eigenvalue weighted by atomic mass is 19.1. The number of methoxy groups -OCH3 is 1. The lowest BCUT2D eigenvalue weighted by Gasteiger charge is -2.65. The first-order valence-corrected chi connectivity index (χ1v) is 20.7. The van der Waals surface area contributed by atoms with Gasteiger partial charge in [0.25, 0.3) is 17.7 Å². The maximum atomic E-state index is 15.5. The van der Waals surface area contributed by atoms with E-state index in [1.807, 2.05) is 21.9 Å². The van der Waals surface area contributed by atoms with E-state index in [0.29, 0.717) is 67.1 Å². The molecule has 1 atom stereocenters. The molecule has 15 heteroatoms. The van der Waals surface area contributed by atoms with Crippen LogP contribution in [0.15, 0.2) is 42.5 Å². The summed E-state index contributed by atoms with van der Waals surface area (Å²) in [5.74, 6) is 4.70. The molecule has 14 nitrogen and oxygen atoms in total. The SMILES string of the molecule is COc1cc(O[C@H]2C(C)(C)[C@H](N3Cc4nc(C#C[C@H]5C[C@H](N6CCN(c7cc8c(cc7F)C(=O)N(C7CCC(=O)NC7=O)C8=O)CC6)C5)ccc4C3=O)C2(C)C)ccc1C#N. The summed E-state index contributed by atoms with van der Waals surface area (Å²) >= 11 is 0. The normalized spacial score (nSPS) is 26.3. The van der Waals surface area contributed by atoms with E-state index in [9.17, 15) is 29.2 Å². The monoisotopic (exact) mass is 827 g/mol. The van der Waals surface area contributed by atoms with Crippen molar-refractivity contribution in [3.05, 3.63) is 81.9 Å². The lowest BCUT2D eigenvalue weighted by molar-refractivity contribution is -0.199. The number of hydrogen-bond acceptors (Lipinski definition) is 11. The number of fused-ring (bicyclic) bond motifs is 2. The number of benzene rings is 2. The summed E-state index contributed by atoms with van der Waals surface area (Å²) in [5.41, 5.74) is 1.82. The van der Waals surface area contributed by atoms with Gasteiger partial charge in [0, 0.05) is 67.5 Å². The fraction of sp³-hybridized carbons (Fsp3) is 0.457. The summed E-state index contributed by atoms with van der Waals surface area (Å²) in [6, 6.07) is 12.6. The lowest BCUT2D eigenvalue weighted by atomic mass is 9.49. The maximum absolute atomic E-state index is 15.5. The minimum atomic E-state index is -1.11. The molecule has 9 rings (SSSR count). The van der Waals surface area contributed by atoms with E-state index in [1.54, 1.807) is 18.2 Å². The smallest absolute Gasteiger partial charge is 0.262 e. The Morgan fingerprint density at radius 1 is 0.885 bits per heavy atom. The van der Waals surface area contributed by atoms with Crippen LogP contribution in [-0.2, 0) is 16.1 Å². The number of nitriles is 1. The Morgan fingerprint density at radius 2 is 1.59 bits per heavy atom. The number of aromatic nitrogens is 1. The van der Waals surface area contributed by atoms with Crippen LogP contribution >= 0.6 is 0 Å². The Morgan fingerprint density at radius 3 is 2.26 bits per heavy atom. The number of ether oxygens (including phenoxy) is 2. The zero-order valence-corrected chi connectivity index (χ0v) is 34.7. The standard InChI is InChI=1S/C46H46FN7O7/c1-45(2)43(46(3,4)44(45)61-29-10-7-26(23-48)37(20-29)60-5)53-24-34-30(40(53)57)11-9-27(49-34)8-6-25-18-28(19-25)51-14-16-52(17-15-51)36-22-32-31(21-33(36)47)41(58)54(42(32)59)35-12-13-38(55)50-39(35)56/h7,9-11,20-22,25,28,35,43-44H,12-19,24H2,1-5H3,(H,50,55,56)/t25-,28-,35?,43-,44-. The van der Waals surface area contributed by atoms with Crippen molar-refractivity contribution in [3.63, 3.8) is 0 Å². The van der Waals surface area contributed by atoms with Crippen molar-refractivity contribution in [1.82, 2.24) is 25.0 Å². The number of hydrogen-bond donors (Lipinski definition) is 1. The Balaban J connectivity index is 0.785. The number of carbonyl (C=O) groups excluding carboxylic acids is 5. The number of rotatable bonds is 7. The second-order valence-corrected chi connectivity index (χ2v) is 18.1. The molecule has 1 N–H and O–H groups in total. The number of nitrogens with zero attached hydrogens (tertiary/aromatic N) is 6. The molecule has 3 aromatic rings. The number of carbonyl (C=O) groups is 5. The van der Waals surface area contributed by atoms with Crippen LogP contribution in [0.2, 0.25) is 0 Å². The van der Waals surface area contributed by atoms with Crippen molar-refractivity contribution in [2.24, 2.45) is 16.7 Å². The summed E-state index contributed by atoms with van der Waals surface area (Å²) in [6.45, 7) is 11.3. The molecule has 2 aliphatic carbocycles. The molecule has 1 aromatic heterocycles. The van der Waals surface area contributed by atoms with E-state index in [0.717, 1.165) is 29.5 Å². The van der Waals surface area contributed by atoms with E-state index in [1.165, 1.54) is 13.2 Å². The van der Waals surface area contributed by atoms with E-state index >= 15 is 4.39 Å². The summed E-state index contributed by atoms with van der Waals surface area (Å²) in [6.07, 6.45) is 1.63. The van der Waals surface area contributed by atoms with Crippen molar-refractivity contribution in [2.45, 2.75) is 84.2 Å². The molecular formula is C46H46FN7O7. The van der Waals surface area contributed by atoms with Crippen LogP contribution in [0.25, 0.3) is 0 Å². The van der Waals surface area contributed by atoms with Crippen molar-refractivity contribution in [1.29, 1.82) is 5.26 Å². The van der Waals surface area contributed by atoms with Gasteiger partial charge in [0.05, 0.1) is 47.3 Å².